The fourth-order valence-electron chi connectivity index (χ4n) is 3.19. The standard InChI is InChI=1S/C21H19F3N4O2/c1-12(14-4-3-5-15(8-14)21(22,23)24)26-20-18-9-17(30-16-6-7-29-11-16)10-25-19(18)13(2)27-28-20/h3-5,8-10,16H,1,6-7,11H2,2H3,(H,26,28)/t16-/m0/s1. The Kier molecular flexibility index (Phi) is 5.29. The van der Waals surface area contributed by atoms with Crippen molar-refractivity contribution in [1.29, 1.82) is 0 Å². The molecule has 156 valence electrons. The van der Waals surface area contributed by atoms with E-state index < -0.39 is 11.7 Å². The van der Waals surface area contributed by atoms with E-state index in [9.17, 15) is 13.2 Å². The molecule has 1 aliphatic rings. The van der Waals surface area contributed by atoms with Crippen LogP contribution in [0.25, 0.3) is 16.6 Å². The van der Waals surface area contributed by atoms with Crippen LogP contribution >= 0.6 is 0 Å². The third-order valence-corrected chi connectivity index (χ3v) is 4.76. The molecule has 2 aromatic heterocycles. The van der Waals surface area contributed by atoms with Gasteiger partial charge in [0.25, 0.3) is 0 Å². The first-order chi connectivity index (χ1) is 14.3. The largest absolute Gasteiger partial charge is 0.486 e. The molecule has 1 aliphatic heterocycles. The molecule has 9 heteroatoms. The van der Waals surface area contributed by atoms with Gasteiger partial charge in [0.1, 0.15) is 11.9 Å². The Balaban J connectivity index is 1.64. The van der Waals surface area contributed by atoms with Crippen LogP contribution in [0, 0.1) is 6.92 Å². The van der Waals surface area contributed by atoms with Gasteiger partial charge in [0.2, 0.25) is 0 Å². The monoisotopic (exact) mass is 416 g/mol. The number of hydrogen-bond acceptors (Lipinski definition) is 6. The van der Waals surface area contributed by atoms with E-state index in [-0.39, 0.29) is 11.8 Å². The highest BCUT2D eigenvalue weighted by atomic mass is 19.4. The number of aromatic nitrogens is 3. The van der Waals surface area contributed by atoms with Crippen LogP contribution in [-0.2, 0) is 10.9 Å². The maximum absolute atomic E-state index is 13.0. The average molecular weight is 416 g/mol. The summed E-state index contributed by atoms with van der Waals surface area (Å²) < 4.78 is 50.3. The van der Waals surface area contributed by atoms with Crippen LogP contribution in [-0.4, -0.2) is 34.5 Å². The zero-order valence-electron chi connectivity index (χ0n) is 16.2. The molecule has 0 saturated carbocycles. The molecule has 1 fully saturated rings. The Morgan fingerprint density at radius 1 is 1.27 bits per heavy atom. The lowest BCUT2D eigenvalue weighted by Gasteiger charge is -2.15. The smallest absolute Gasteiger partial charge is 0.416 e. The molecule has 0 radical (unpaired) electrons. The Labute approximate surface area is 170 Å². The van der Waals surface area contributed by atoms with E-state index in [0.29, 0.717) is 46.9 Å². The molecule has 0 spiro atoms. The van der Waals surface area contributed by atoms with Crippen LogP contribution in [0.3, 0.4) is 0 Å². The summed E-state index contributed by atoms with van der Waals surface area (Å²) in [7, 11) is 0. The summed E-state index contributed by atoms with van der Waals surface area (Å²) in [6.45, 7) is 6.81. The Hall–Kier alpha value is -3.20. The van der Waals surface area contributed by atoms with Gasteiger partial charge in [-0.3, -0.25) is 4.98 Å². The number of anilines is 1. The van der Waals surface area contributed by atoms with Crippen LogP contribution in [0.15, 0.2) is 43.1 Å². The van der Waals surface area contributed by atoms with Gasteiger partial charge in [-0.2, -0.15) is 18.3 Å². The molecule has 0 unspecified atom stereocenters. The first-order valence-corrected chi connectivity index (χ1v) is 9.32. The van der Waals surface area contributed by atoms with Crippen molar-refractivity contribution < 1.29 is 22.6 Å². The van der Waals surface area contributed by atoms with Crippen molar-refractivity contribution in [3.8, 4) is 5.75 Å². The Bertz CT molecular complexity index is 1100. The van der Waals surface area contributed by atoms with Crippen LogP contribution in [0.5, 0.6) is 5.75 Å². The number of aryl methyl sites for hydroxylation is 1. The number of benzene rings is 1. The van der Waals surface area contributed by atoms with E-state index in [1.807, 2.05) is 0 Å². The maximum Gasteiger partial charge on any atom is 0.416 e. The molecule has 1 N–H and O–H groups in total. The minimum atomic E-state index is -4.44. The van der Waals surface area contributed by atoms with Crippen LogP contribution in [0.4, 0.5) is 19.0 Å². The highest BCUT2D eigenvalue weighted by Gasteiger charge is 2.30. The summed E-state index contributed by atoms with van der Waals surface area (Å²) in [6, 6.07) is 6.70. The molecule has 3 heterocycles. The predicted octanol–water partition coefficient (Wildman–Crippen LogP) is 4.60. The quantitative estimate of drug-likeness (QED) is 0.656. The number of hydrogen-bond donors (Lipinski definition) is 1. The molecule has 6 nitrogen and oxygen atoms in total. The van der Waals surface area contributed by atoms with Crippen LogP contribution < -0.4 is 10.1 Å². The van der Waals surface area contributed by atoms with E-state index in [0.717, 1.165) is 18.6 Å². The van der Waals surface area contributed by atoms with E-state index in [2.05, 4.69) is 27.1 Å². The molecular formula is C21H19F3N4O2. The third kappa shape index (κ3) is 4.20. The average Bonchev–Trinajstić information content (AvgIpc) is 3.22. The minimum Gasteiger partial charge on any atom is -0.486 e. The second kappa shape index (κ2) is 7.91. The van der Waals surface area contributed by atoms with Crippen LogP contribution in [0.2, 0.25) is 0 Å². The molecule has 3 aromatic rings. The van der Waals surface area contributed by atoms with Gasteiger partial charge >= 0.3 is 6.18 Å². The van der Waals surface area contributed by atoms with Crippen molar-refractivity contribution in [3.05, 3.63) is 59.9 Å². The normalized spacial score (nSPS) is 16.6. The summed E-state index contributed by atoms with van der Waals surface area (Å²) in [4.78, 5) is 4.42. The lowest BCUT2D eigenvalue weighted by Crippen LogP contribution is -2.15. The number of alkyl halides is 3. The number of nitrogens with zero attached hydrogens (tertiary/aromatic N) is 3. The molecule has 0 bridgehead atoms. The van der Waals surface area contributed by atoms with Crippen molar-refractivity contribution in [3.63, 3.8) is 0 Å². The number of pyridine rings is 1. The zero-order chi connectivity index (χ0) is 21.3. The first kappa shape index (κ1) is 20.1. The minimum absolute atomic E-state index is 0.0448. The number of nitrogens with one attached hydrogen (secondary N) is 1. The molecule has 1 aromatic carbocycles. The van der Waals surface area contributed by atoms with Gasteiger partial charge in [0, 0.05) is 12.1 Å². The summed E-state index contributed by atoms with van der Waals surface area (Å²) in [6.07, 6.45) is -2.08. The van der Waals surface area contributed by atoms with Gasteiger partial charge in [0.05, 0.1) is 41.6 Å². The SMILES string of the molecule is C=C(Nc1nnc(C)c2ncc(O[C@H]3CCOC3)cc12)c1cccc(C(F)(F)F)c1. The predicted molar refractivity (Wildman–Crippen MR) is 106 cm³/mol. The van der Waals surface area contributed by atoms with Crippen molar-refractivity contribution in [1.82, 2.24) is 15.2 Å². The molecule has 4 rings (SSSR count). The van der Waals surface area contributed by atoms with Crippen molar-refractivity contribution >= 4 is 22.4 Å². The molecule has 0 aliphatic carbocycles. The summed E-state index contributed by atoms with van der Waals surface area (Å²) in [5.41, 5.74) is 1.04. The molecule has 30 heavy (non-hydrogen) atoms. The fourth-order valence-corrected chi connectivity index (χ4v) is 3.19. The first-order valence-electron chi connectivity index (χ1n) is 9.32. The van der Waals surface area contributed by atoms with Crippen molar-refractivity contribution in [2.45, 2.75) is 25.6 Å². The second-order valence-electron chi connectivity index (χ2n) is 6.99. The van der Waals surface area contributed by atoms with Gasteiger partial charge in [0.15, 0.2) is 5.82 Å². The van der Waals surface area contributed by atoms with E-state index in [1.54, 1.807) is 25.3 Å². The summed E-state index contributed by atoms with van der Waals surface area (Å²) in [5, 5.41) is 11.8. The van der Waals surface area contributed by atoms with Gasteiger partial charge in [-0.25, -0.2) is 0 Å². The number of fused-ring (bicyclic) bond motifs is 1. The van der Waals surface area contributed by atoms with Gasteiger partial charge < -0.3 is 14.8 Å². The Morgan fingerprint density at radius 2 is 2.10 bits per heavy atom. The van der Waals surface area contributed by atoms with Crippen molar-refractivity contribution in [2.75, 3.05) is 18.5 Å². The molecule has 1 atom stereocenters. The van der Waals surface area contributed by atoms with Gasteiger partial charge in [-0.1, -0.05) is 18.7 Å². The van der Waals surface area contributed by atoms with Gasteiger partial charge in [-0.05, 0) is 30.7 Å². The third-order valence-electron chi connectivity index (χ3n) is 4.76. The summed E-state index contributed by atoms with van der Waals surface area (Å²) >= 11 is 0. The van der Waals surface area contributed by atoms with Crippen molar-refractivity contribution in [2.24, 2.45) is 0 Å². The molecule has 1 saturated heterocycles. The highest BCUT2D eigenvalue weighted by molar-refractivity contribution is 5.94. The number of rotatable bonds is 5. The number of halogens is 3. The highest BCUT2D eigenvalue weighted by Crippen LogP contribution is 2.32. The topological polar surface area (TPSA) is 69.2 Å². The molecule has 0 amide bonds. The summed E-state index contributed by atoms with van der Waals surface area (Å²) in [5.74, 6) is 0.886. The lowest BCUT2D eigenvalue weighted by molar-refractivity contribution is -0.137. The fraction of sp³-hybridized carbons (Fsp3) is 0.286. The zero-order valence-corrected chi connectivity index (χ0v) is 16.2. The van der Waals surface area contributed by atoms with Gasteiger partial charge in [-0.15, -0.1) is 5.10 Å². The number of ether oxygens (including phenoxy) is 2. The molecular weight excluding hydrogens is 397 g/mol. The van der Waals surface area contributed by atoms with E-state index >= 15 is 0 Å². The Morgan fingerprint density at radius 3 is 2.83 bits per heavy atom. The van der Waals surface area contributed by atoms with E-state index in [4.69, 9.17) is 9.47 Å². The lowest BCUT2D eigenvalue weighted by atomic mass is 10.1. The van der Waals surface area contributed by atoms with E-state index in [1.165, 1.54) is 6.07 Å². The second-order valence-corrected chi connectivity index (χ2v) is 6.99. The maximum atomic E-state index is 13.0. The van der Waals surface area contributed by atoms with Crippen LogP contribution in [0.1, 0.15) is 23.2 Å².